The molecule has 1 amide bonds. The number of nitriles is 1. The lowest BCUT2D eigenvalue weighted by Crippen LogP contribution is -2.48. The summed E-state index contributed by atoms with van der Waals surface area (Å²) in [5.41, 5.74) is 3.19. The number of para-hydroxylation sites is 1. The highest BCUT2D eigenvalue weighted by Gasteiger charge is 2.38. The van der Waals surface area contributed by atoms with Gasteiger partial charge in [-0.1, -0.05) is 72.5 Å². The van der Waals surface area contributed by atoms with Crippen LogP contribution in [0.15, 0.2) is 75.2 Å². The monoisotopic (exact) mass is 665 g/mol. The molecule has 240 valence electrons. The maximum Gasteiger partial charge on any atom is 0.296 e. The number of carbonyl (C=O) groups is 1. The first kappa shape index (κ1) is 32.2. The summed E-state index contributed by atoms with van der Waals surface area (Å²) in [4.78, 5) is 47.6. The van der Waals surface area contributed by atoms with E-state index in [1.54, 1.807) is 36.2 Å². The van der Waals surface area contributed by atoms with Gasteiger partial charge < -0.3 is 4.90 Å². The number of hydrogen-bond acceptors (Lipinski definition) is 8. The fourth-order valence-corrected chi connectivity index (χ4v) is 7.59. The number of nitrogens with zero attached hydrogens (tertiary/aromatic N) is 7. The van der Waals surface area contributed by atoms with E-state index in [-0.39, 0.29) is 26.7 Å². The van der Waals surface area contributed by atoms with Crippen LogP contribution in [0.3, 0.4) is 0 Å². The summed E-state index contributed by atoms with van der Waals surface area (Å²) in [6.07, 6.45) is 1.74. The van der Waals surface area contributed by atoms with Crippen molar-refractivity contribution >= 4 is 51.8 Å². The van der Waals surface area contributed by atoms with E-state index in [4.69, 9.17) is 12.2 Å². The second-order valence-electron chi connectivity index (χ2n) is 11.6. The zero-order valence-corrected chi connectivity index (χ0v) is 28.4. The normalized spacial score (nSPS) is 16.4. The Labute approximate surface area is 282 Å². The van der Waals surface area contributed by atoms with Crippen LogP contribution >= 0.6 is 24.0 Å². The minimum atomic E-state index is -0.420. The summed E-state index contributed by atoms with van der Waals surface area (Å²) in [6, 6.07) is 21.7. The number of piperazine rings is 1. The molecule has 2 aromatic carbocycles. The van der Waals surface area contributed by atoms with Crippen molar-refractivity contribution < 1.29 is 4.79 Å². The van der Waals surface area contributed by atoms with Crippen molar-refractivity contribution in [3.05, 3.63) is 114 Å². The van der Waals surface area contributed by atoms with Crippen LogP contribution in [-0.4, -0.2) is 55.2 Å². The smallest absolute Gasteiger partial charge is 0.296 e. The Morgan fingerprint density at radius 3 is 2.19 bits per heavy atom. The predicted octanol–water partition coefficient (Wildman–Crippen LogP) is 4.57. The van der Waals surface area contributed by atoms with Crippen LogP contribution in [0.5, 0.6) is 0 Å². The highest BCUT2D eigenvalue weighted by atomic mass is 32.2. The van der Waals surface area contributed by atoms with Gasteiger partial charge in [0.05, 0.1) is 16.3 Å². The van der Waals surface area contributed by atoms with Gasteiger partial charge in [-0.15, -0.1) is 0 Å². The number of thiocarbonyl (C=S) groups is 1. The minimum absolute atomic E-state index is 0.0460. The minimum Gasteiger partial charge on any atom is -0.355 e. The average Bonchev–Trinajstić information content (AvgIpc) is 3.47. The molecule has 2 aliphatic rings. The van der Waals surface area contributed by atoms with Crippen LogP contribution in [0, 0.1) is 25.2 Å². The molecule has 0 aliphatic carbocycles. The number of aromatic nitrogens is 3. The fraction of sp³-hybridized carbons (Fsp3) is 0.286. The molecular formula is C35H35N7O3S2. The highest BCUT2D eigenvalue weighted by Crippen LogP contribution is 2.38. The van der Waals surface area contributed by atoms with Crippen molar-refractivity contribution in [3.8, 4) is 11.8 Å². The largest absolute Gasteiger partial charge is 0.355 e. The summed E-state index contributed by atoms with van der Waals surface area (Å²) in [5, 5.41) is 10.0. The van der Waals surface area contributed by atoms with E-state index in [2.05, 4.69) is 28.0 Å². The number of rotatable bonds is 7. The third-order valence-corrected chi connectivity index (χ3v) is 10.2. The summed E-state index contributed by atoms with van der Waals surface area (Å²) < 4.78 is 5.10. The van der Waals surface area contributed by atoms with Crippen LogP contribution in [0.4, 0.5) is 11.5 Å². The third-order valence-electron chi connectivity index (χ3n) is 8.90. The molecule has 4 aromatic rings. The van der Waals surface area contributed by atoms with Crippen LogP contribution in [0.1, 0.15) is 34.9 Å². The molecule has 47 heavy (non-hydrogen) atoms. The fourth-order valence-electron chi connectivity index (χ4n) is 6.34. The molecule has 2 fully saturated rings. The van der Waals surface area contributed by atoms with E-state index in [0.717, 1.165) is 31.4 Å². The molecule has 10 nitrogen and oxygen atoms in total. The van der Waals surface area contributed by atoms with Gasteiger partial charge in [0.25, 0.3) is 17.0 Å². The molecule has 0 atom stereocenters. The Hall–Kier alpha value is -4.70. The number of anilines is 2. The molecular weight excluding hydrogens is 631 g/mol. The van der Waals surface area contributed by atoms with E-state index < -0.39 is 5.91 Å². The topological polar surface area (TPSA) is 99.5 Å². The van der Waals surface area contributed by atoms with Crippen LogP contribution < -0.4 is 20.9 Å². The lowest BCUT2D eigenvalue weighted by molar-refractivity contribution is -0.113. The summed E-state index contributed by atoms with van der Waals surface area (Å²) in [6.45, 7) is 9.52. The third kappa shape index (κ3) is 5.75. The Bertz CT molecular complexity index is 2070. The Balaban J connectivity index is 1.39. The van der Waals surface area contributed by atoms with E-state index in [1.807, 2.05) is 55.5 Å². The SMILES string of the molecule is CCn1c(N2CCN(Cc3ccccc3)CC2)c(C=C2SC(=S)N(c3c(C)n(C)n(-c4ccccc4)c3=O)C2=O)c(C)c(C#N)c1=O. The standard InChI is InChI=1S/C35H35N7O3S2/c1-5-40-31(39-18-16-38(17-19-39)22-25-12-8-6-9-13-25)27(23(2)28(21-36)32(40)43)20-29-33(44)41(35(46)47-29)30-24(3)37(4)42(34(30)45)26-14-10-7-11-15-26/h6-15,20H,5,16-19,22H2,1-4H3. The van der Waals surface area contributed by atoms with Gasteiger partial charge in [0, 0.05) is 51.9 Å². The molecule has 6 rings (SSSR count). The van der Waals surface area contributed by atoms with Gasteiger partial charge in [-0.2, -0.15) is 5.26 Å². The molecule has 0 spiro atoms. The number of benzene rings is 2. The molecule has 2 saturated heterocycles. The van der Waals surface area contributed by atoms with E-state index >= 15 is 0 Å². The van der Waals surface area contributed by atoms with Crippen molar-refractivity contribution in [2.75, 3.05) is 36.0 Å². The van der Waals surface area contributed by atoms with Crippen LogP contribution in [-0.2, 0) is 24.9 Å². The zero-order valence-electron chi connectivity index (χ0n) is 26.8. The van der Waals surface area contributed by atoms with Crippen molar-refractivity contribution in [3.63, 3.8) is 0 Å². The van der Waals surface area contributed by atoms with Crippen molar-refractivity contribution in [2.24, 2.45) is 7.05 Å². The lowest BCUT2D eigenvalue weighted by Gasteiger charge is -2.38. The number of pyridine rings is 1. The summed E-state index contributed by atoms with van der Waals surface area (Å²) in [5.74, 6) is 0.262. The van der Waals surface area contributed by atoms with Crippen molar-refractivity contribution in [1.82, 2.24) is 18.8 Å². The molecule has 0 N–H and O–H groups in total. The quantitative estimate of drug-likeness (QED) is 0.209. The molecule has 12 heteroatoms. The van der Waals surface area contributed by atoms with Gasteiger partial charge in [0.1, 0.15) is 23.1 Å². The highest BCUT2D eigenvalue weighted by molar-refractivity contribution is 8.27. The van der Waals surface area contributed by atoms with Crippen molar-refractivity contribution in [2.45, 2.75) is 33.9 Å². The number of thioether (sulfide) groups is 1. The summed E-state index contributed by atoms with van der Waals surface area (Å²) >= 11 is 6.81. The van der Waals surface area contributed by atoms with Crippen molar-refractivity contribution in [1.29, 1.82) is 5.26 Å². The average molecular weight is 666 g/mol. The number of carbonyl (C=O) groups excluding carboxylic acids is 1. The van der Waals surface area contributed by atoms with E-state index in [9.17, 15) is 19.6 Å². The Morgan fingerprint density at radius 2 is 1.57 bits per heavy atom. The summed E-state index contributed by atoms with van der Waals surface area (Å²) in [7, 11) is 1.77. The van der Waals surface area contributed by atoms with Gasteiger partial charge in [-0.25, -0.2) is 4.68 Å². The molecule has 0 radical (unpaired) electrons. The molecule has 0 bridgehead atoms. The first-order chi connectivity index (χ1) is 22.7. The number of amides is 1. The van der Waals surface area contributed by atoms with E-state index in [1.165, 1.54) is 15.1 Å². The molecule has 2 aliphatic heterocycles. The predicted molar refractivity (Wildman–Crippen MR) is 191 cm³/mol. The van der Waals surface area contributed by atoms with Gasteiger partial charge in [-0.3, -0.25) is 33.4 Å². The molecule has 4 heterocycles. The van der Waals surface area contributed by atoms with E-state index in [0.29, 0.717) is 52.9 Å². The molecule has 2 aromatic heterocycles. The second kappa shape index (κ2) is 13.2. The second-order valence-corrected chi connectivity index (χ2v) is 13.3. The molecule has 0 unspecified atom stereocenters. The first-order valence-corrected chi connectivity index (χ1v) is 16.7. The van der Waals surface area contributed by atoms with Gasteiger partial charge in [0.15, 0.2) is 4.32 Å². The zero-order chi connectivity index (χ0) is 33.4. The van der Waals surface area contributed by atoms with Gasteiger partial charge in [0.2, 0.25) is 0 Å². The van der Waals surface area contributed by atoms with Crippen LogP contribution in [0.25, 0.3) is 11.8 Å². The molecule has 0 saturated carbocycles. The van der Waals surface area contributed by atoms with Gasteiger partial charge >= 0.3 is 0 Å². The Morgan fingerprint density at radius 1 is 0.936 bits per heavy atom. The lowest BCUT2D eigenvalue weighted by atomic mass is 10.0. The maximum absolute atomic E-state index is 14.1. The number of hydrogen-bond donors (Lipinski definition) is 0. The first-order valence-electron chi connectivity index (χ1n) is 15.5. The van der Waals surface area contributed by atoms with Gasteiger partial charge in [-0.05, 0) is 50.1 Å². The maximum atomic E-state index is 14.1. The van der Waals surface area contributed by atoms with Crippen LogP contribution in [0.2, 0.25) is 0 Å². The Kier molecular flexibility index (Phi) is 9.05.